The van der Waals surface area contributed by atoms with E-state index in [1.807, 2.05) is 0 Å². The maximum atomic E-state index is 5.72. The van der Waals surface area contributed by atoms with Gasteiger partial charge < -0.3 is 0 Å². The van der Waals surface area contributed by atoms with Gasteiger partial charge in [-0.05, 0) is 11.6 Å². The van der Waals surface area contributed by atoms with Crippen molar-refractivity contribution >= 4 is 69.8 Å². The van der Waals surface area contributed by atoms with Crippen molar-refractivity contribution in [1.29, 1.82) is 0 Å². The molecule has 0 aliphatic heterocycles. The molecule has 0 saturated carbocycles. The van der Waals surface area contributed by atoms with Crippen LogP contribution in [0, 0.1) is 0 Å². The van der Waals surface area contributed by atoms with E-state index in [1.54, 1.807) is 0 Å². The van der Waals surface area contributed by atoms with Crippen LogP contribution in [0.25, 0.3) is 0 Å². The summed E-state index contributed by atoms with van der Waals surface area (Å²) in [6.07, 6.45) is 0. The van der Waals surface area contributed by atoms with Gasteiger partial charge in [0, 0.05) is 0 Å². The third-order valence-electron chi connectivity index (χ3n) is 0.963. The first-order valence-corrected chi connectivity index (χ1v) is 5.72. The molecular weight excluding hydrogens is 297 g/mol. The molecule has 0 radical (unpaired) electrons. The number of alkyl halides is 2. The molecule has 0 aliphatic carbocycles. The summed E-state index contributed by atoms with van der Waals surface area (Å²) in [6.45, 7) is 0. The number of thioether (sulfide) groups is 1. The first-order valence-electron chi connectivity index (χ1n) is 2.84. The Hall–Kier alpha value is 0.880. The van der Waals surface area contributed by atoms with Crippen molar-refractivity contribution in [3.63, 3.8) is 0 Å². The van der Waals surface area contributed by atoms with Crippen LogP contribution in [0.5, 0.6) is 0 Å². The summed E-state index contributed by atoms with van der Waals surface area (Å²) in [5, 5.41) is 0.266. The van der Waals surface area contributed by atoms with Crippen molar-refractivity contribution in [1.82, 2.24) is 9.97 Å². The average Bonchev–Trinajstić information content (AvgIpc) is 1.96. The molecule has 0 aliphatic rings. The zero-order valence-electron chi connectivity index (χ0n) is 5.77. The number of hydrogen-bond donors (Lipinski definition) is 0. The molecule has 0 fully saturated rings. The fourth-order valence-electron chi connectivity index (χ4n) is 0.560. The van der Waals surface area contributed by atoms with Crippen molar-refractivity contribution < 1.29 is 0 Å². The third-order valence-corrected chi connectivity index (χ3v) is 3.24. The second kappa shape index (κ2) is 5.10. The first kappa shape index (κ1) is 12.0. The van der Waals surface area contributed by atoms with Crippen LogP contribution in [-0.4, -0.2) is 14.1 Å². The average molecular weight is 298 g/mol. The van der Waals surface area contributed by atoms with Crippen LogP contribution < -0.4 is 0 Å². The van der Waals surface area contributed by atoms with E-state index >= 15 is 0 Å². The lowest BCUT2D eigenvalue weighted by molar-refractivity contribution is 1.10. The predicted octanol–water partition coefficient (Wildman–Crippen LogP) is 4.29. The Morgan fingerprint density at radius 1 is 1.00 bits per heavy atom. The first-order chi connectivity index (χ1) is 6.00. The molecule has 0 unspecified atom stereocenters. The molecule has 0 atom stereocenters. The standard InChI is InChI=1S/C5HCl5N2S/c6-2-1(13-4(8)9)3(7)12-5(10)11-2/h4H. The van der Waals surface area contributed by atoms with Gasteiger partial charge in [-0.3, -0.25) is 0 Å². The summed E-state index contributed by atoms with van der Waals surface area (Å²) in [5.74, 6) is 0. The molecule has 72 valence electrons. The van der Waals surface area contributed by atoms with Gasteiger partial charge in [0.1, 0.15) is 10.3 Å². The Kier molecular flexibility index (Phi) is 4.69. The van der Waals surface area contributed by atoms with Crippen LogP contribution in [0.1, 0.15) is 0 Å². The Labute approximate surface area is 104 Å². The molecule has 0 N–H and O–H groups in total. The van der Waals surface area contributed by atoms with Crippen molar-refractivity contribution in [2.75, 3.05) is 0 Å². The topological polar surface area (TPSA) is 25.8 Å². The Morgan fingerprint density at radius 2 is 1.46 bits per heavy atom. The number of hydrogen-bond acceptors (Lipinski definition) is 3. The summed E-state index contributed by atoms with van der Waals surface area (Å²) in [7, 11) is 0. The Balaban J connectivity index is 3.06. The highest BCUT2D eigenvalue weighted by atomic mass is 35.5. The van der Waals surface area contributed by atoms with E-state index in [1.165, 1.54) is 0 Å². The molecule has 8 heteroatoms. The molecule has 2 nitrogen and oxygen atoms in total. The van der Waals surface area contributed by atoms with E-state index in [0.717, 1.165) is 11.8 Å². The van der Waals surface area contributed by atoms with Gasteiger partial charge in [0.25, 0.3) is 0 Å². The van der Waals surface area contributed by atoms with Gasteiger partial charge in [0.15, 0.2) is 4.17 Å². The molecular formula is C5HCl5N2S. The Morgan fingerprint density at radius 3 is 1.85 bits per heavy atom. The molecule has 1 rings (SSSR count). The zero-order valence-corrected chi connectivity index (χ0v) is 10.4. The summed E-state index contributed by atoms with van der Waals surface area (Å²) >= 11 is 29.0. The minimum atomic E-state index is -0.681. The summed E-state index contributed by atoms with van der Waals surface area (Å²) < 4.78 is -0.681. The molecule has 13 heavy (non-hydrogen) atoms. The van der Waals surface area contributed by atoms with E-state index in [4.69, 9.17) is 58.0 Å². The molecule has 1 heterocycles. The van der Waals surface area contributed by atoms with Crippen molar-refractivity contribution in [3.8, 4) is 0 Å². The number of halogens is 5. The van der Waals surface area contributed by atoms with Crippen LogP contribution in [0.15, 0.2) is 4.90 Å². The van der Waals surface area contributed by atoms with Gasteiger partial charge >= 0.3 is 0 Å². The highest BCUT2D eigenvalue weighted by molar-refractivity contribution is 8.02. The summed E-state index contributed by atoms with van der Waals surface area (Å²) in [4.78, 5) is 7.79. The number of nitrogens with zero attached hydrogens (tertiary/aromatic N) is 2. The maximum absolute atomic E-state index is 5.72. The second-order valence-corrected chi connectivity index (χ2v) is 5.57. The van der Waals surface area contributed by atoms with E-state index in [-0.39, 0.29) is 15.6 Å². The van der Waals surface area contributed by atoms with Gasteiger partial charge in [-0.15, -0.1) is 0 Å². The van der Waals surface area contributed by atoms with Gasteiger partial charge in [0.2, 0.25) is 5.28 Å². The normalized spacial score (nSPS) is 10.9. The zero-order chi connectivity index (χ0) is 10.0. The summed E-state index contributed by atoms with van der Waals surface area (Å²) in [6, 6.07) is 0. The third kappa shape index (κ3) is 3.50. The lowest BCUT2D eigenvalue weighted by Crippen LogP contribution is -1.90. The van der Waals surface area contributed by atoms with E-state index in [2.05, 4.69) is 9.97 Å². The van der Waals surface area contributed by atoms with Crippen LogP contribution in [-0.2, 0) is 0 Å². The SMILES string of the molecule is Clc1nc(Cl)c(SC(Cl)Cl)c(Cl)n1. The minimum absolute atomic E-state index is 0.0138. The van der Waals surface area contributed by atoms with E-state index in [0.29, 0.717) is 4.90 Å². The van der Waals surface area contributed by atoms with Crippen LogP contribution in [0.4, 0.5) is 0 Å². The smallest absolute Gasteiger partial charge is 0.205 e. The van der Waals surface area contributed by atoms with Crippen molar-refractivity contribution in [3.05, 3.63) is 15.6 Å². The molecule has 1 aromatic heterocycles. The molecule has 0 spiro atoms. The van der Waals surface area contributed by atoms with Crippen LogP contribution in [0.2, 0.25) is 15.6 Å². The fraction of sp³-hybridized carbons (Fsp3) is 0.200. The monoisotopic (exact) mass is 296 g/mol. The van der Waals surface area contributed by atoms with Crippen molar-refractivity contribution in [2.24, 2.45) is 0 Å². The van der Waals surface area contributed by atoms with Gasteiger partial charge in [-0.1, -0.05) is 58.2 Å². The van der Waals surface area contributed by atoms with Gasteiger partial charge in [0.05, 0.1) is 4.90 Å². The fourth-order valence-corrected chi connectivity index (χ4v) is 2.47. The minimum Gasteiger partial charge on any atom is -0.205 e. The second-order valence-electron chi connectivity index (χ2n) is 1.78. The molecule has 0 amide bonds. The lowest BCUT2D eigenvalue weighted by atomic mass is 10.7. The quantitative estimate of drug-likeness (QED) is 0.352. The molecule has 1 aromatic rings. The summed E-state index contributed by atoms with van der Waals surface area (Å²) in [5.41, 5.74) is 0. The van der Waals surface area contributed by atoms with Crippen molar-refractivity contribution in [2.45, 2.75) is 9.06 Å². The van der Waals surface area contributed by atoms with Gasteiger partial charge in [-0.25, -0.2) is 9.97 Å². The highest BCUT2D eigenvalue weighted by Gasteiger charge is 2.14. The predicted molar refractivity (Wildman–Crippen MR) is 58.4 cm³/mol. The van der Waals surface area contributed by atoms with E-state index < -0.39 is 4.17 Å². The molecule has 0 saturated heterocycles. The maximum Gasteiger partial charge on any atom is 0.225 e. The lowest BCUT2D eigenvalue weighted by Gasteiger charge is -2.05. The largest absolute Gasteiger partial charge is 0.225 e. The van der Waals surface area contributed by atoms with Gasteiger partial charge in [-0.2, -0.15) is 0 Å². The van der Waals surface area contributed by atoms with E-state index in [9.17, 15) is 0 Å². The number of rotatable bonds is 2. The molecule has 0 aromatic carbocycles. The number of aromatic nitrogens is 2. The highest BCUT2D eigenvalue weighted by Crippen LogP contribution is 2.37. The van der Waals surface area contributed by atoms with Crippen LogP contribution in [0.3, 0.4) is 0 Å². The Bertz CT molecular complexity index is 295. The van der Waals surface area contributed by atoms with Crippen LogP contribution >= 0.6 is 69.8 Å². The molecule has 0 bridgehead atoms.